The molecule has 6 rings (SSSR count). The summed E-state index contributed by atoms with van der Waals surface area (Å²) in [5, 5.41) is 9.17. The lowest BCUT2D eigenvalue weighted by Gasteiger charge is -2.25. The van der Waals surface area contributed by atoms with Gasteiger partial charge in [-0.2, -0.15) is 0 Å². The molecule has 0 aliphatic carbocycles. The molecule has 0 saturated heterocycles. The Hall–Kier alpha value is -4.35. The van der Waals surface area contributed by atoms with Crippen molar-refractivity contribution in [2.75, 3.05) is 37.0 Å². The maximum atomic E-state index is 13.5. The molecule has 0 amide bonds. The van der Waals surface area contributed by atoms with Crippen LogP contribution in [-0.4, -0.2) is 51.0 Å². The molecule has 0 fully saturated rings. The zero-order valence-corrected chi connectivity index (χ0v) is 28.9. The third-order valence-electron chi connectivity index (χ3n) is 8.28. The second-order valence-electron chi connectivity index (χ2n) is 11.5. The summed E-state index contributed by atoms with van der Waals surface area (Å²) in [6, 6.07) is 25.1. The van der Waals surface area contributed by atoms with Crippen LogP contribution in [0.5, 0.6) is 0 Å². The number of amidine groups is 1. The summed E-state index contributed by atoms with van der Waals surface area (Å²) in [6.45, 7) is 0.761. The Labute approximate surface area is 288 Å². The van der Waals surface area contributed by atoms with E-state index in [9.17, 15) is 8.42 Å². The van der Waals surface area contributed by atoms with Crippen molar-refractivity contribution in [3.05, 3.63) is 120 Å². The van der Waals surface area contributed by atoms with Gasteiger partial charge in [0.25, 0.3) is 0 Å². The van der Waals surface area contributed by atoms with Gasteiger partial charge in [-0.3, -0.25) is 5.41 Å². The molecule has 47 heavy (non-hydrogen) atoms. The van der Waals surface area contributed by atoms with Crippen LogP contribution in [0, 0.1) is 5.41 Å². The molecule has 0 bridgehead atoms. The van der Waals surface area contributed by atoms with Crippen molar-refractivity contribution < 1.29 is 8.42 Å². The number of hydrogen-bond acceptors (Lipinski definition) is 6. The van der Waals surface area contributed by atoms with E-state index >= 15 is 0 Å². The fourth-order valence-corrected chi connectivity index (χ4v) is 7.06. The number of aryl methyl sites for hydroxylation is 3. The summed E-state index contributed by atoms with van der Waals surface area (Å²) in [5.41, 5.74) is 12.3. The van der Waals surface area contributed by atoms with Crippen molar-refractivity contribution in [3.8, 4) is 0 Å². The number of sulfonamides is 1. The zero-order chi connectivity index (χ0) is 31.7. The molecule has 0 radical (unpaired) electrons. The summed E-state index contributed by atoms with van der Waals surface area (Å²) in [6.07, 6.45) is 7.52. The van der Waals surface area contributed by atoms with Crippen molar-refractivity contribution in [3.63, 3.8) is 0 Å². The third-order valence-corrected chi connectivity index (χ3v) is 9.74. The van der Waals surface area contributed by atoms with Crippen LogP contribution < -0.4 is 20.3 Å². The lowest BCUT2D eigenvalue weighted by molar-refractivity contribution is 0.585. The Morgan fingerprint density at radius 1 is 0.979 bits per heavy atom. The molecule has 5 aromatic rings. The van der Waals surface area contributed by atoms with Crippen molar-refractivity contribution in [2.24, 2.45) is 12.8 Å². The highest BCUT2D eigenvalue weighted by Crippen LogP contribution is 2.30. The van der Waals surface area contributed by atoms with Gasteiger partial charge >= 0.3 is 0 Å². The van der Waals surface area contributed by atoms with Gasteiger partial charge in [0.15, 0.2) is 0 Å². The molecule has 12 heteroatoms. The Morgan fingerprint density at radius 3 is 2.43 bits per heavy atom. The van der Waals surface area contributed by atoms with E-state index in [0.717, 1.165) is 57.6 Å². The first kappa shape index (κ1) is 35.5. The Balaban J connectivity index is 0.00000250. The largest absolute Gasteiger partial charge is 0.384 e. The number of nitrogens with one attached hydrogen (secondary N) is 2. The molecule has 2 heterocycles. The molecule has 1 aliphatic rings. The van der Waals surface area contributed by atoms with Gasteiger partial charge in [0.2, 0.25) is 10.0 Å². The number of aromatic nitrogens is 2. The van der Waals surface area contributed by atoms with E-state index in [1.807, 2.05) is 92.9 Å². The van der Waals surface area contributed by atoms with Crippen LogP contribution in [0.3, 0.4) is 0 Å². The first-order valence-corrected chi connectivity index (χ1v) is 16.3. The van der Waals surface area contributed by atoms with Crippen LogP contribution >= 0.6 is 24.8 Å². The van der Waals surface area contributed by atoms with Crippen LogP contribution in [0.25, 0.3) is 21.8 Å². The van der Waals surface area contributed by atoms with Gasteiger partial charge in [0, 0.05) is 74.6 Å². The molecule has 0 atom stereocenters. The van der Waals surface area contributed by atoms with Gasteiger partial charge < -0.3 is 20.1 Å². The van der Waals surface area contributed by atoms with Crippen LogP contribution in [0.4, 0.5) is 11.4 Å². The second-order valence-corrected chi connectivity index (χ2v) is 13.2. The van der Waals surface area contributed by atoms with Crippen molar-refractivity contribution >= 4 is 73.9 Å². The minimum absolute atomic E-state index is 0. The summed E-state index contributed by atoms with van der Waals surface area (Å²) in [7, 11) is 2.19. The SMILES string of the molecule is CN(C)c1cccc2c(S(=O)(=O)NCC3=CC=CN(c4ccc5c(c4)nc(CCc4ccc(C(=N)N)cc4)n5C)C3)cccc12.Cl.Cl. The summed E-state index contributed by atoms with van der Waals surface area (Å²) < 4.78 is 31.9. The maximum Gasteiger partial charge on any atom is 0.241 e. The number of nitrogens with two attached hydrogens (primary N) is 1. The number of imidazole rings is 1. The molecule has 1 aromatic heterocycles. The van der Waals surface area contributed by atoms with E-state index in [-0.39, 0.29) is 42.1 Å². The zero-order valence-electron chi connectivity index (χ0n) is 26.5. The Morgan fingerprint density at radius 2 is 1.70 bits per heavy atom. The van der Waals surface area contributed by atoms with Crippen molar-refractivity contribution in [2.45, 2.75) is 17.7 Å². The third kappa shape index (κ3) is 7.47. The molecule has 0 spiro atoms. The predicted octanol–water partition coefficient (Wildman–Crippen LogP) is 5.94. The number of fused-ring (bicyclic) bond motifs is 2. The Bertz CT molecular complexity index is 2090. The smallest absolute Gasteiger partial charge is 0.241 e. The standard InChI is InChI=1S/C35H37N7O2S.2ClH/c1-40(2)31-10-4-9-29-28(31)8-5-11-33(29)45(43,44)38-22-25-7-6-20-42(23-25)27-17-18-32-30(21-27)39-34(41(32)3)19-14-24-12-15-26(16-13-24)35(36)37;;/h4-13,15-18,20-21,38H,14,19,22-23H2,1-3H3,(H3,36,37);2*1H. The van der Waals surface area contributed by atoms with E-state index in [1.54, 1.807) is 12.1 Å². The molecule has 4 N–H and O–H groups in total. The molecular weight excluding hydrogens is 653 g/mol. The fourth-order valence-electron chi connectivity index (χ4n) is 5.80. The van der Waals surface area contributed by atoms with E-state index in [2.05, 4.69) is 32.4 Å². The molecule has 4 aromatic carbocycles. The molecule has 1 aliphatic heterocycles. The van der Waals surface area contributed by atoms with E-state index in [4.69, 9.17) is 16.1 Å². The monoisotopic (exact) mass is 691 g/mol. The number of anilines is 2. The molecule has 246 valence electrons. The van der Waals surface area contributed by atoms with Gasteiger partial charge in [-0.15, -0.1) is 24.8 Å². The average Bonchev–Trinajstić information content (AvgIpc) is 3.36. The first-order valence-electron chi connectivity index (χ1n) is 14.8. The number of nitrogen functional groups attached to an aromatic ring is 1. The molecular formula is C35H39Cl2N7O2S. The Kier molecular flexibility index (Phi) is 11.0. The van der Waals surface area contributed by atoms with E-state index in [0.29, 0.717) is 11.9 Å². The fraction of sp³-hybridized carbons (Fsp3) is 0.200. The van der Waals surface area contributed by atoms with Gasteiger partial charge in [-0.1, -0.05) is 54.6 Å². The van der Waals surface area contributed by atoms with Gasteiger partial charge in [-0.05, 0) is 54.0 Å². The second kappa shape index (κ2) is 14.6. The average molecular weight is 693 g/mol. The predicted molar refractivity (Wildman–Crippen MR) is 198 cm³/mol. The summed E-state index contributed by atoms with van der Waals surface area (Å²) >= 11 is 0. The van der Waals surface area contributed by atoms with Crippen LogP contribution in [0.15, 0.2) is 108 Å². The number of hydrogen-bond donors (Lipinski definition) is 3. The van der Waals surface area contributed by atoms with Gasteiger partial charge in [-0.25, -0.2) is 18.1 Å². The van der Waals surface area contributed by atoms with Crippen LogP contribution in [-0.2, 0) is 29.9 Å². The number of halogens is 2. The number of nitrogens with zero attached hydrogens (tertiary/aromatic N) is 4. The molecule has 9 nitrogen and oxygen atoms in total. The van der Waals surface area contributed by atoms with E-state index in [1.165, 1.54) is 5.56 Å². The topological polar surface area (TPSA) is 120 Å². The van der Waals surface area contributed by atoms with Crippen LogP contribution in [0.2, 0.25) is 0 Å². The van der Waals surface area contributed by atoms with Crippen LogP contribution in [0.1, 0.15) is 17.0 Å². The summed E-state index contributed by atoms with van der Waals surface area (Å²) in [5.74, 6) is 1.06. The molecule has 0 unspecified atom stereocenters. The number of allylic oxidation sites excluding steroid dienone is 2. The minimum atomic E-state index is -3.75. The lowest BCUT2D eigenvalue weighted by atomic mass is 10.1. The van der Waals surface area contributed by atoms with Gasteiger partial charge in [0.1, 0.15) is 11.7 Å². The maximum absolute atomic E-state index is 13.5. The number of benzene rings is 4. The summed E-state index contributed by atoms with van der Waals surface area (Å²) in [4.78, 5) is 9.31. The quantitative estimate of drug-likeness (QED) is 0.123. The van der Waals surface area contributed by atoms with Gasteiger partial charge in [0.05, 0.1) is 15.9 Å². The van der Waals surface area contributed by atoms with E-state index < -0.39 is 10.0 Å². The van der Waals surface area contributed by atoms with Crippen molar-refractivity contribution in [1.82, 2.24) is 14.3 Å². The minimum Gasteiger partial charge on any atom is -0.384 e. The molecule has 0 saturated carbocycles. The highest BCUT2D eigenvalue weighted by molar-refractivity contribution is 7.89. The van der Waals surface area contributed by atoms with Crippen molar-refractivity contribution in [1.29, 1.82) is 5.41 Å². The first-order chi connectivity index (χ1) is 21.6. The normalized spacial score (nSPS) is 12.8. The number of rotatable bonds is 10. The highest BCUT2D eigenvalue weighted by Gasteiger charge is 2.20. The highest BCUT2D eigenvalue weighted by atomic mass is 35.5. The lowest BCUT2D eigenvalue weighted by Crippen LogP contribution is -2.31.